The van der Waals surface area contributed by atoms with Crippen LogP contribution in [0.3, 0.4) is 0 Å². The quantitative estimate of drug-likeness (QED) is 0.835. The molecular formula is C18H19NO2. The normalized spacial score (nSPS) is 16.7. The van der Waals surface area contributed by atoms with Gasteiger partial charge in [-0.3, -0.25) is 0 Å². The molecule has 0 unspecified atom stereocenters. The summed E-state index contributed by atoms with van der Waals surface area (Å²) in [6.45, 7) is 0. The van der Waals surface area contributed by atoms with Gasteiger partial charge < -0.3 is 14.4 Å². The molecule has 0 amide bonds. The molecule has 4 rings (SSSR count). The van der Waals surface area contributed by atoms with Crippen LogP contribution in [-0.4, -0.2) is 21.2 Å². The Morgan fingerprint density at radius 3 is 2.48 bits per heavy atom. The van der Waals surface area contributed by atoms with Gasteiger partial charge in [0, 0.05) is 37.0 Å². The second kappa shape index (κ2) is 4.17. The molecule has 3 nitrogen and oxygen atoms in total. The summed E-state index contributed by atoms with van der Waals surface area (Å²) in [6.07, 6.45) is 2.16. The van der Waals surface area contributed by atoms with Crippen LogP contribution in [0.25, 0.3) is 11.1 Å². The fourth-order valence-electron chi connectivity index (χ4n) is 3.11. The van der Waals surface area contributed by atoms with Crippen LogP contribution in [0, 0.1) is 0 Å². The third kappa shape index (κ3) is 1.80. The van der Waals surface area contributed by atoms with Crippen LogP contribution < -0.4 is 14.4 Å². The first-order chi connectivity index (χ1) is 10.1. The largest absolute Gasteiger partial charge is 0.497 e. The van der Waals surface area contributed by atoms with Crippen LogP contribution in [0.1, 0.15) is 18.4 Å². The van der Waals surface area contributed by atoms with Crippen LogP contribution in [0.4, 0.5) is 5.69 Å². The minimum atomic E-state index is -0.123. The van der Waals surface area contributed by atoms with E-state index in [2.05, 4.69) is 49.3 Å². The molecule has 0 radical (unpaired) electrons. The van der Waals surface area contributed by atoms with Crippen molar-refractivity contribution in [3.63, 3.8) is 0 Å². The zero-order valence-electron chi connectivity index (χ0n) is 12.6. The molecule has 1 aliphatic heterocycles. The minimum Gasteiger partial charge on any atom is -0.497 e. The van der Waals surface area contributed by atoms with E-state index in [0.29, 0.717) is 0 Å². The number of benzene rings is 2. The molecule has 2 aliphatic rings. The fraction of sp³-hybridized carbons (Fsp3) is 0.333. The van der Waals surface area contributed by atoms with Gasteiger partial charge in [-0.2, -0.15) is 0 Å². The lowest BCUT2D eigenvalue weighted by Gasteiger charge is -2.30. The molecule has 3 heteroatoms. The Hall–Kier alpha value is -2.16. The van der Waals surface area contributed by atoms with Crippen molar-refractivity contribution in [1.82, 2.24) is 0 Å². The molecule has 21 heavy (non-hydrogen) atoms. The summed E-state index contributed by atoms with van der Waals surface area (Å²) in [5.41, 5.74) is 4.77. The summed E-state index contributed by atoms with van der Waals surface area (Å²) in [7, 11) is 5.81. The first kappa shape index (κ1) is 12.6. The predicted molar refractivity (Wildman–Crippen MR) is 84.3 cm³/mol. The molecule has 0 bridgehead atoms. The highest BCUT2D eigenvalue weighted by atomic mass is 16.5. The van der Waals surface area contributed by atoms with Crippen molar-refractivity contribution in [2.45, 2.75) is 18.4 Å². The number of nitrogens with zero attached hydrogens (tertiary/aromatic N) is 1. The van der Waals surface area contributed by atoms with Crippen molar-refractivity contribution in [3.05, 3.63) is 42.0 Å². The fourth-order valence-corrected chi connectivity index (χ4v) is 3.11. The maximum absolute atomic E-state index is 6.36. The number of fused-ring (bicyclic) bond motifs is 4. The lowest BCUT2D eigenvalue weighted by atomic mass is 9.91. The zero-order chi connectivity index (χ0) is 14.6. The summed E-state index contributed by atoms with van der Waals surface area (Å²) < 4.78 is 11.7. The first-order valence-electron chi connectivity index (χ1n) is 7.32. The Labute approximate surface area is 125 Å². The van der Waals surface area contributed by atoms with Crippen molar-refractivity contribution >= 4 is 5.69 Å². The van der Waals surface area contributed by atoms with Crippen molar-refractivity contribution < 1.29 is 9.47 Å². The highest BCUT2D eigenvalue weighted by Crippen LogP contribution is 2.58. The summed E-state index contributed by atoms with van der Waals surface area (Å²) >= 11 is 0. The molecule has 1 heterocycles. The minimum absolute atomic E-state index is 0.123. The number of hydrogen-bond acceptors (Lipinski definition) is 3. The smallest absolute Gasteiger partial charge is 0.135 e. The van der Waals surface area contributed by atoms with Crippen LogP contribution >= 0.6 is 0 Å². The lowest BCUT2D eigenvalue weighted by Crippen LogP contribution is -2.21. The molecule has 1 spiro atoms. The van der Waals surface area contributed by atoms with E-state index < -0.39 is 0 Å². The molecule has 0 N–H and O–H groups in total. The molecule has 2 aromatic rings. The third-order valence-electron chi connectivity index (χ3n) is 4.50. The van der Waals surface area contributed by atoms with Gasteiger partial charge in [0.2, 0.25) is 0 Å². The second-order valence-corrected chi connectivity index (χ2v) is 6.08. The van der Waals surface area contributed by atoms with Gasteiger partial charge in [-0.25, -0.2) is 0 Å². The molecule has 1 saturated carbocycles. The molecule has 0 saturated heterocycles. The van der Waals surface area contributed by atoms with Crippen molar-refractivity contribution in [2.24, 2.45) is 0 Å². The average molecular weight is 281 g/mol. The van der Waals surface area contributed by atoms with Gasteiger partial charge in [0.1, 0.15) is 17.1 Å². The maximum atomic E-state index is 6.36. The molecule has 108 valence electrons. The summed E-state index contributed by atoms with van der Waals surface area (Å²) in [6, 6.07) is 12.8. The molecule has 1 aliphatic carbocycles. The van der Waals surface area contributed by atoms with Crippen LogP contribution in [0.5, 0.6) is 11.5 Å². The van der Waals surface area contributed by atoms with E-state index >= 15 is 0 Å². The van der Waals surface area contributed by atoms with Crippen molar-refractivity contribution in [1.29, 1.82) is 0 Å². The van der Waals surface area contributed by atoms with Crippen molar-refractivity contribution in [3.8, 4) is 22.6 Å². The molecule has 0 aromatic heterocycles. The van der Waals surface area contributed by atoms with Crippen LogP contribution in [0.2, 0.25) is 0 Å². The third-order valence-corrected chi connectivity index (χ3v) is 4.50. The standard InChI is InChI=1S/C18H19NO2/c1-19(2)12-4-6-15-14-7-5-13(20-3)11-16(14)18(8-9-18)21-17(15)10-12/h4-7,10-11H,8-9H2,1-3H3. The van der Waals surface area contributed by atoms with Gasteiger partial charge in [0.05, 0.1) is 7.11 Å². The first-order valence-corrected chi connectivity index (χ1v) is 7.32. The summed E-state index contributed by atoms with van der Waals surface area (Å²) in [5.74, 6) is 1.90. The summed E-state index contributed by atoms with van der Waals surface area (Å²) in [5, 5.41) is 0. The molecule has 0 atom stereocenters. The van der Waals surface area contributed by atoms with E-state index in [-0.39, 0.29) is 5.60 Å². The Balaban J connectivity index is 1.90. The van der Waals surface area contributed by atoms with E-state index in [9.17, 15) is 0 Å². The highest BCUT2D eigenvalue weighted by molar-refractivity contribution is 5.80. The molecular weight excluding hydrogens is 262 g/mol. The number of methoxy groups -OCH3 is 1. The maximum Gasteiger partial charge on any atom is 0.135 e. The summed E-state index contributed by atoms with van der Waals surface area (Å²) in [4.78, 5) is 2.10. The van der Waals surface area contributed by atoms with E-state index in [4.69, 9.17) is 9.47 Å². The Bertz CT molecular complexity index is 717. The predicted octanol–water partition coefficient (Wildman–Crippen LogP) is 3.81. The van der Waals surface area contributed by atoms with E-state index in [0.717, 1.165) is 24.3 Å². The number of rotatable bonds is 2. The van der Waals surface area contributed by atoms with E-state index in [1.165, 1.54) is 22.4 Å². The van der Waals surface area contributed by atoms with Crippen molar-refractivity contribution in [2.75, 3.05) is 26.1 Å². The zero-order valence-corrected chi connectivity index (χ0v) is 12.6. The Morgan fingerprint density at radius 2 is 1.81 bits per heavy atom. The molecule has 1 fully saturated rings. The number of ether oxygens (including phenoxy) is 2. The van der Waals surface area contributed by atoms with Crippen LogP contribution in [-0.2, 0) is 5.60 Å². The van der Waals surface area contributed by atoms with Gasteiger partial charge in [-0.1, -0.05) is 6.07 Å². The van der Waals surface area contributed by atoms with Gasteiger partial charge in [-0.15, -0.1) is 0 Å². The average Bonchev–Trinajstić information content (AvgIpc) is 3.26. The van der Waals surface area contributed by atoms with Crippen LogP contribution in [0.15, 0.2) is 36.4 Å². The Morgan fingerprint density at radius 1 is 1.05 bits per heavy atom. The number of hydrogen-bond donors (Lipinski definition) is 0. The second-order valence-electron chi connectivity index (χ2n) is 6.08. The molecule has 2 aromatic carbocycles. The van der Waals surface area contributed by atoms with Gasteiger partial charge in [0.25, 0.3) is 0 Å². The monoisotopic (exact) mass is 281 g/mol. The lowest BCUT2D eigenvalue weighted by molar-refractivity contribution is 0.177. The highest BCUT2D eigenvalue weighted by Gasteiger charge is 2.51. The number of anilines is 1. The van der Waals surface area contributed by atoms with Gasteiger partial charge in [0.15, 0.2) is 0 Å². The Kier molecular flexibility index (Phi) is 2.49. The van der Waals surface area contributed by atoms with E-state index in [1.807, 2.05) is 6.07 Å². The van der Waals surface area contributed by atoms with Gasteiger partial charge >= 0.3 is 0 Å². The van der Waals surface area contributed by atoms with Gasteiger partial charge in [-0.05, 0) is 42.7 Å². The van der Waals surface area contributed by atoms with E-state index in [1.54, 1.807) is 7.11 Å². The SMILES string of the molecule is COc1ccc2c(c1)C1(CC1)Oc1cc(N(C)C)ccc1-2. The topological polar surface area (TPSA) is 21.7 Å².